The number of hydroxylamine groups is 1. The van der Waals surface area contributed by atoms with Gasteiger partial charge in [0.1, 0.15) is 0 Å². The van der Waals surface area contributed by atoms with Gasteiger partial charge in [0, 0.05) is 31.4 Å². The zero-order valence-corrected chi connectivity index (χ0v) is 12.8. The molecule has 0 radical (unpaired) electrons. The molecular weight excluding hydrogens is 270 g/mol. The minimum atomic E-state index is -0.525. The first kappa shape index (κ1) is 15.6. The maximum absolute atomic E-state index is 12.4. The van der Waals surface area contributed by atoms with Crippen LogP contribution in [0.5, 0.6) is 0 Å². The van der Waals surface area contributed by atoms with E-state index in [1.54, 1.807) is 17.7 Å². The van der Waals surface area contributed by atoms with Crippen molar-refractivity contribution in [3.63, 3.8) is 0 Å². The van der Waals surface area contributed by atoms with E-state index in [1.165, 1.54) is 0 Å². The Balaban J connectivity index is 2.14. The highest BCUT2D eigenvalue weighted by Crippen LogP contribution is 2.23. The van der Waals surface area contributed by atoms with Crippen LogP contribution in [-0.4, -0.2) is 33.0 Å². The van der Waals surface area contributed by atoms with Gasteiger partial charge in [-0.2, -0.15) is 0 Å². The molecule has 0 saturated carbocycles. The van der Waals surface area contributed by atoms with Crippen LogP contribution in [0.25, 0.3) is 0 Å². The van der Waals surface area contributed by atoms with E-state index < -0.39 is 5.91 Å². The summed E-state index contributed by atoms with van der Waals surface area (Å²) in [5.41, 5.74) is 2.94. The smallest absolute Gasteiger partial charge is 0.276 e. The summed E-state index contributed by atoms with van der Waals surface area (Å²) in [6, 6.07) is 1.73. The molecule has 21 heavy (non-hydrogen) atoms. The number of hydrogen-bond acceptors (Lipinski definition) is 3. The number of nitrogens with one attached hydrogen (secondary N) is 1. The Kier molecular flexibility index (Phi) is 4.37. The molecule has 0 fully saturated rings. The molecule has 1 aliphatic rings. The van der Waals surface area contributed by atoms with E-state index in [0.29, 0.717) is 18.5 Å². The highest BCUT2D eigenvalue weighted by molar-refractivity contribution is 5.93. The first-order valence-corrected chi connectivity index (χ1v) is 7.21. The predicted molar refractivity (Wildman–Crippen MR) is 77.8 cm³/mol. The van der Waals surface area contributed by atoms with Gasteiger partial charge in [-0.25, -0.2) is 5.48 Å². The summed E-state index contributed by atoms with van der Waals surface area (Å²) in [4.78, 5) is 25.7. The van der Waals surface area contributed by atoms with Crippen molar-refractivity contribution in [3.05, 3.63) is 23.5 Å². The predicted octanol–water partition coefficient (Wildman–Crippen LogP) is 1.78. The molecule has 1 aliphatic heterocycles. The number of fused-ring (bicyclic) bond motifs is 1. The van der Waals surface area contributed by atoms with Gasteiger partial charge in [0.25, 0.3) is 5.91 Å². The molecule has 2 rings (SSSR count). The van der Waals surface area contributed by atoms with Gasteiger partial charge in [-0.3, -0.25) is 14.8 Å². The summed E-state index contributed by atoms with van der Waals surface area (Å²) >= 11 is 0. The fourth-order valence-electron chi connectivity index (χ4n) is 2.57. The van der Waals surface area contributed by atoms with Gasteiger partial charge in [0.15, 0.2) is 0 Å². The van der Waals surface area contributed by atoms with Crippen molar-refractivity contribution in [1.29, 1.82) is 0 Å². The number of hydrogen-bond donors (Lipinski definition) is 2. The van der Waals surface area contributed by atoms with E-state index in [2.05, 4.69) is 20.8 Å². The number of carbonyl (C=O) groups is 2. The van der Waals surface area contributed by atoms with Crippen LogP contribution in [0.15, 0.2) is 12.3 Å². The molecule has 2 N–H and O–H groups in total. The average Bonchev–Trinajstić information content (AvgIpc) is 2.67. The summed E-state index contributed by atoms with van der Waals surface area (Å²) in [6.07, 6.45) is 3.09. The minimum absolute atomic E-state index is 0.0344. The Morgan fingerprint density at radius 2 is 2.05 bits per heavy atom. The van der Waals surface area contributed by atoms with Crippen LogP contribution < -0.4 is 5.48 Å². The molecule has 1 aromatic rings. The number of carbonyl (C=O) groups excluding carboxylic acids is 2. The van der Waals surface area contributed by atoms with Crippen LogP contribution in [0.3, 0.4) is 0 Å². The molecule has 0 aromatic carbocycles. The monoisotopic (exact) mass is 293 g/mol. The van der Waals surface area contributed by atoms with Crippen LogP contribution >= 0.6 is 0 Å². The van der Waals surface area contributed by atoms with Crippen molar-refractivity contribution in [2.24, 2.45) is 5.41 Å². The van der Waals surface area contributed by atoms with Gasteiger partial charge in [-0.15, -0.1) is 0 Å². The van der Waals surface area contributed by atoms with Crippen molar-refractivity contribution in [3.8, 4) is 0 Å². The number of nitrogens with zero attached hydrogens (tertiary/aromatic N) is 2. The van der Waals surface area contributed by atoms with E-state index in [0.717, 1.165) is 25.2 Å². The van der Waals surface area contributed by atoms with Gasteiger partial charge < -0.3 is 9.47 Å². The van der Waals surface area contributed by atoms with Crippen molar-refractivity contribution in [2.75, 3.05) is 6.54 Å². The van der Waals surface area contributed by atoms with Crippen LogP contribution in [-0.2, 0) is 17.9 Å². The number of rotatable bonds is 2. The second kappa shape index (κ2) is 5.89. The summed E-state index contributed by atoms with van der Waals surface area (Å²) in [5, 5.41) is 8.70. The normalized spacial score (nSPS) is 15.3. The Bertz CT molecular complexity index is 543. The van der Waals surface area contributed by atoms with Crippen LogP contribution in [0.4, 0.5) is 0 Å². The van der Waals surface area contributed by atoms with E-state index in [9.17, 15) is 9.59 Å². The molecule has 6 nitrogen and oxygen atoms in total. The molecule has 0 bridgehead atoms. The lowest BCUT2D eigenvalue weighted by Gasteiger charge is -2.25. The summed E-state index contributed by atoms with van der Waals surface area (Å²) < 4.78 is 1.98. The molecule has 0 aliphatic carbocycles. The molecule has 6 heteroatoms. The van der Waals surface area contributed by atoms with E-state index >= 15 is 0 Å². The molecule has 0 saturated heterocycles. The highest BCUT2D eigenvalue weighted by Gasteiger charge is 2.24. The topological polar surface area (TPSA) is 74.6 Å². The molecule has 2 amide bonds. The van der Waals surface area contributed by atoms with Gasteiger partial charge >= 0.3 is 0 Å². The van der Waals surface area contributed by atoms with Crippen LogP contribution in [0, 0.1) is 5.41 Å². The van der Waals surface area contributed by atoms with Gasteiger partial charge in [0.05, 0.1) is 12.1 Å². The lowest BCUT2D eigenvalue weighted by molar-refractivity contribution is -0.133. The quantitative estimate of drug-likeness (QED) is 0.644. The third-order valence-electron chi connectivity index (χ3n) is 3.56. The first-order valence-electron chi connectivity index (χ1n) is 7.21. The van der Waals surface area contributed by atoms with Crippen molar-refractivity contribution in [2.45, 2.75) is 46.7 Å². The Morgan fingerprint density at radius 3 is 2.67 bits per heavy atom. The second-order valence-corrected chi connectivity index (χ2v) is 6.76. The molecule has 0 spiro atoms. The maximum Gasteiger partial charge on any atom is 0.276 e. The zero-order valence-electron chi connectivity index (χ0n) is 12.8. The molecule has 0 atom stereocenters. The molecule has 116 valence electrons. The Morgan fingerprint density at radius 1 is 1.33 bits per heavy atom. The summed E-state index contributed by atoms with van der Waals surface area (Å²) in [5.74, 6) is -0.381. The summed E-state index contributed by atoms with van der Waals surface area (Å²) in [6.45, 7) is 8.17. The van der Waals surface area contributed by atoms with Gasteiger partial charge in [-0.1, -0.05) is 20.8 Å². The lowest BCUT2D eigenvalue weighted by Crippen LogP contribution is -2.33. The van der Waals surface area contributed by atoms with E-state index in [-0.39, 0.29) is 11.3 Å². The van der Waals surface area contributed by atoms with Crippen molar-refractivity contribution >= 4 is 11.8 Å². The van der Waals surface area contributed by atoms with Crippen molar-refractivity contribution in [1.82, 2.24) is 14.9 Å². The number of amides is 2. The standard InChI is InChI=1S/C15H23N3O3/c1-15(2,3)8-13(19)18-6-4-5-17-9-11(14(20)16-21)7-12(17)10-18/h7,9,21H,4-6,8,10H2,1-3H3,(H,16,20). The van der Waals surface area contributed by atoms with E-state index in [1.807, 2.05) is 9.47 Å². The third-order valence-corrected chi connectivity index (χ3v) is 3.56. The minimum Gasteiger partial charge on any atom is -0.349 e. The Hall–Kier alpha value is -1.82. The van der Waals surface area contributed by atoms with Gasteiger partial charge in [-0.05, 0) is 17.9 Å². The molecular formula is C15H23N3O3. The average molecular weight is 293 g/mol. The maximum atomic E-state index is 12.4. The van der Waals surface area contributed by atoms with Gasteiger partial charge in [0.2, 0.25) is 5.91 Å². The Labute approximate surface area is 124 Å². The fourth-order valence-corrected chi connectivity index (χ4v) is 2.57. The molecule has 0 unspecified atom stereocenters. The first-order chi connectivity index (χ1) is 9.80. The van der Waals surface area contributed by atoms with Crippen LogP contribution in [0.2, 0.25) is 0 Å². The number of aromatic nitrogens is 1. The second-order valence-electron chi connectivity index (χ2n) is 6.76. The third kappa shape index (κ3) is 3.85. The summed E-state index contributed by atoms with van der Waals surface area (Å²) in [7, 11) is 0. The molecule has 2 heterocycles. The largest absolute Gasteiger partial charge is 0.349 e. The SMILES string of the molecule is CC(C)(C)CC(=O)N1CCCn2cc(C(=O)NO)cc2C1. The molecule has 1 aromatic heterocycles. The number of aryl methyl sites for hydroxylation is 1. The van der Waals surface area contributed by atoms with E-state index in [4.69, 9.17) is 5.21 Å². The fraction of sp³-hybridized carbons (Fsp3) is 0.600. The van der Waals surface area contributed by atoms with Crippen LogP contribution in [0.1, 0.15) is 49.7 Å². The van der Waals surface area contributed by atoms with Crippen molar-refractivity contribution < 1.29 is 14.8 Å². The zero-order chi connectivity index (χ0) is 15.6. The highest BCUT2D eigenvalue weighted by atomic mass is 16.5. The lowest BCUT2D eigenvalue weighted by atomic mass is 9.91.